The number of hydrogen-bond acceptors (Lipinski definition) is 5. The quantitative estimate of drug-likeness (QED) is 0.585. The van der Waals surface area contributed by atoms with Gasteiger partial charge in [-0.15, -0.1) is 5.92 Å². The maximum absolute atomic E-state index is 11.8. The summed E-state index contributed by atoms with van der Waals surface area (Å²) >= 11 is 0. The van der Waals surface area contributed by atoms with Crippen LogP contribution in [0.15, 0.2) is 34.9 Å². The van der Waals surface area contributed by atoms with Crippen LogP contribution in [-0.2, 0) is 0 Å². The molecule has 188 valence electrons. The summed E-state index contributed by atoms with van der Waals surface area (Å²) in [5.41, 5.74) is 4.07. The summed E-state index contributed by atoms with van der Waals surface area (Å²) in [6, 6.07) is 4.16. The van der Waals surface area contributed by atoms with Gasteiger partial charge >= 0.3 is 0 Å². The van der Waals surface area contributed by atoms with Gasteiger partial charge in [-0.1, -0.05) is 24.5 Å². The Morgan fingerprint density at radius 1 is 1.00 bits per heavy atom. The Bertz CT molecular complexity index is 1110. The van der Waals surface area contributed by atoms with Crippen LogP contribution in [0.25, 0.3) is 0 Å². The molecule has 0 aliphatic heterocycles. The van der Waals surface area contributed by atoms with Gasteiger partial charge in [0.2, 0.25) is 5.75 Å². The molecule has 0 saturated heterocycles. The Labute approximate surface area is 209 Å². The van der Waals surface area contributed by atoms with Crippen LogP contribution in [0.2, 0.25) is 0 Å². The molecule has 1 aromatic carbocycles. The van der Waals surface area contributed by atoms with Crippen LogP contribution < -0.4 is 14.2 Å². The Kier molecular flexibility index (Phi) is 6.18. The molecule has 0 amide bonds. The molecular formula is C30H38O5. The van der Waals surface area contributed by atoms with Crippen molar-refractivity contribution in [3.05, 3.63) is 40.5 Å². The van der Waals surface area contributed by atoms with Crippen LogP contribution in [-0.4, -0.2) is 43.2 Å². The van der Waals surface area contributed by atoms with E-state index in [0.717, 1.165) is 50.5 Å². The van der Waals surface area contributed by atoms with Crippen molar-refractivity contribution < 1.29 is 24.4 Å². The fourth-order valence-corrected chi connectivity index (χ4v) is 7.80. The smallest absolute Gasteiger partial charge is 0.203 e. The maximum Gasteiger partial charge on any atom is 0.203 e. The highest BCUT2D eigenvalue weighted by Crippen LogP contribution is 2.67. The summed E-state index contributed by atoms with van der Waals surface area (Å²) in [6.45, 7) is 4.09. The highest BCUT2D eigenvalue weighted by molar-refractivity contribution is 5.57. The second-order valence-corrected chi connectivity index (χ2v) is 10.9. The minimum Gasteiger partial charge on any atom is -0.493 e. The van der Waals surface area contributed by atoms with Crippen LogP contribution in [0.1, 0.15) is 70.3 Å². The van der Waals surface area contributed by atoms with E-state index in [0.29, 0.717) is 29.1 Å². The number of allylic oxidation sites excluding steroid dienone is 3. The van der Waals surface area contributed by atoms with Crippen LogP contribution in [0.3, 0.4) is 0 Å². The minimum atomic E-state index is -0.986. The van der Waals surface area contributed by atoms with Crippen LogP contribution >= 0.6 is 0 Å². The second kappa shape index (κ2) is 8.91. The molecular weight excluding hydrogens is 440 g/mol. The molecule has 0 radical (unpaired) electrons. The highest BCUT2D eigenvalue weighted by Gasteiger charge is 2.62. The lowest BCUT2D eigenvalue weighted by Crippen LogP contribution is -2.51. The van der Waals surface area contributed by atoms with Crippen molar-refractivity contribution in [2.24, 2.45) is 17.3 Å². The number of aliphatic hydroxyl groups is 2. The maximum atomic E-state index is 11.8. The van der Waals surface area contributed by atoms with Gasteiger partial charge in [0, 0.05) is 11.3 Å². The van der Waals surface area contributed by atoms with Crippen molar-refractivity contribution in [1.29, 1.82) is 0 Å². The van der Waals surface area contributed by atoms with E-state index in [-0.39, 0.29) is 17.4 Å². The summed E-state index contributed by atoms with van der Waals surface area (Å²) < 4.78 is 17.0. The largest absolute Gasteiger partial charge is 0.493 e. The standard InChI is InChI=1S/C30H38O5/c1-6-12-30(32)13-11-24-22-9-7-18-14-20(31)8-10-21(18)27(22)23(17-29(24,30)2)19-15-25(33-3)28(35-5)26(16-19)34-4/h14-16,20,22-24,31-32H,7-11,13,17H2,1-5H3. The molecule has 4 aliphatic rings. The molecule has 0 bridgehead atoms. The van der Waals surface area contributed by atoms with Gasteiger partial charge in [0.25, 0.3) is 0 Å². The van der Waals surface area contributed by atoms with E-state index in [1.54, 1.807) is 21.3 Å². The lowest BCUT2D eigenvalue weighted by atomic mass is 9.51. The lowest BCUT2D eigenvalue weighted by molar-refractivity contribution is -0.0514. The Hall–Kier alpha value is -2.42. The number of fused-ring (bicyclic) bond motifs is 4. The van der Waals surface area contributed by atoms with E-state index in [4.69, 9.17) is 14.2 Å². The fourth-order valence-electron chi connectivity index (χ4n) is 7.80. The second-order valence-electron chi connectivity index (χ2n) is 10.9. The summed E-state index contributed by atoms with van der Waals surface area (Å²) in [7, 11) is 4.93. The molecule has 6 atom stereocenters. The van der Waals surface area contributed by atoms with Gasteiger partial charge < -0.3 is 24.4 Å². The molecule has 35 heavy (non-hydrogen) atoms. The molecule has 1 aromatic rings. The summed E-state index contributed by atoms with van der Waals surface area (Å²) in [4.78, 5) is 0. The number of methoxy groups -OCH3 is 3. The summed E-state index contributed by atoms with van der Waals surface area (Å²) in [6.07, 6.45) is 7.97. The number of ether oxygens (including phenoxy) is 3. The van der Waals surface area contributed by atoms with Gasteiger partial charge in [0.1, 0.15) is 5.60 Å². The van der Waals surface area contributed by atoms with Crippen molar-refractivity contribution in [2.75, 3.05) is 21.3 Å². The topological polar surface area (TPSA) is 68.2 Å². The molecule has 0 aromatic heterocycles. The molecule has 0 spiro atoms. The number of benzene rings is 1. The molecule has 5 heteroatoms. The zero-order chi connectivity index (χ0) is 25.0. The third kappa shape index (κ3) is 3.60. The Morgan fingerprint density at radius 2 is 1.71 bits per heavy atom. The number of rotatable bonds is 4. The van der Waals surface area contributed by atoms with Gasteiger partial charge in [-0.3, -0.25) is 0 Å². The minimum absolute atomic E-state index is 0.104. The molecule has 6 unspecified atom stereocenters. The van der Waals surface area contributed by atoms with Gasteiger partial charge in [0.15, 0.2) is 11.5 Å². The molecule has 0 heterocycles. The third-order valence-electron chi connectivity index (χ3n) is 9.43. The van der Waals surface area contributed by atoms with Gasteiger partial charge in [-0.05, 0) is 92.5 Å². The van der Waals surface area contributed by atoms with Crippen molar-refractivity contribution in [3.8, 4) is 29.1 Å². The van der Waals surface area contributed by atoms with Crippen molar-refractivity contribution >= 4 is 0 Å². The van der Waals surface area contributed by atoms with E-state index in [1.807, 2.05) is 6.92 Å². The van der Waals surface area contributed by atoms with Crippen molar-refractivity contribution in [1.82, 2.24) is 0 Å². The highest BCUT2D eigenvalue weighted by atomic mass is 16.5. The van der Waals surface area contributed by atoms with E-state index < -0.39 is 5.60 Å². The van der Waals surface area contributed by atoms with E-state index >= 15 is 0 Å². The number of aliphatic hydroxyl groups excluding tert-OH is 1. The first-order valence-corrected chi connectivity index (χ1v) is 12.9. The van der Waals surface area contributed by atoms with Gasteiger partial charge in [-0.25, -0.2) is 0 Å². The first-order chi connectivity index (χ1) is 16.8. The van der Waals surface area contributed by atoms with Crippen molar-refractivity contribution in [2.45, 2.75) is 76.4 Å². The number of hydrogen-bond donors (Lipinski definition) is 2. The monoisotopic (exact) mass is 478 g/mol. The molecule has 2 N–H and O–H groups in total. The lowest BCUT2D eigenvalue weighted by Gasteiger charge is -2.54. The molecule has 2 saturated carbocycles. The SMILES string of the molecule is CC#CC1(O)CCC2C3CCC4=CC(O)CCC4=C3C(c3cc(OC)c(OC)c(OC)c3)CC21C. The Balaban J connectivity index is 1.73. The van der Waals surface area contributed by atoms with Gasteiger partial charge in [0.05, 0.1) is 27.4 Å². The van der Waals surface area contributed by atoms with Crippen LogP contribution in [0.5, 0.6) is 17.2 Å². The fraction of sp³-hybridized carbons (Fsp3) is 0.600. The van der Waals surface area contributed by atoms with Gasteiger partial charge in [-0.2, -0.15) is 0 Å². The first kappa shape index (κ1) is 24.3. The summed E-state index contributed by atoms with van der Waals surface area (Å²) in [5.74, 6) is 9.04. The van der Waals surface area contributed by atoms with Crippen molar-refractivity contribution in [3.63, 3.8) is 0 Å². The zero-order valence-corrected chi connectivity index (χ0v) is 21.6. The zero-order valence-electron chi connectivity index (χ0n) is 21.6. The normalized spacial score (nSPS) is 35.7. The van der Waals surface area contributed by atoms with Crippen LogP contribution in [0.4, 0.5) is 0 Å². The molecule has 2 fully saturated rings. The Morgan fingerprint density at radius 3 is 2.34 bits per heavy atom. The average Bonchev–Trinajstić information content (AvgIpc) is 3.12. The average molecular weight is 479 g/mol. The van der Waals surface area contributed by atoms with E-state index in [1.165, 1.54) is 16.7 Å². The van der Waals surface area contributed by atoms with E-state index in [2.05, 4.69) is 37.0 Å². The third-order valence-corrected chi connectivity index (χ3v) is 9.43. The van der Waals surface area contributed by atoms with E-state index in [9.17, 15) is 10.2 Å². The molecule has 4 aliphatic carbocycles. The predicted molar refractivity (Wildman–Crippen MR) is 136 cm³/mol. The predicted octanol–water partition coefficient (Wildman–Crippen LogP) is 5.16. The summed E-state index contributed by atoms with van der Waals surface area (Å²) in [5, 5.41) is 22.2. The van der Waals surface area contributed by atoms with Crippen LogP contribution in [0, 0.1) is 29.1 Å². The first-order valence-electron chi connectivity index (χ1n) is 12.9. The molecule has 5 rings (SSSR count). The molecule has 5 nitrogen and oxygen atoms in total.